The summed E-state index contributed by atoms with van der Waals surface area (Å²) < 4.78 is 0. The van der Waals surface area contributed by atoms with Crippen LogP contribution in [0.4, 0.5) is 0 Å². The van der Waals surface area contributed by atoms with Gasteiger partial charge in [0.2, 0.25) is 0 Å². The monoisotopic (exact) mass is 318 g/mol. The molecule has 0 aliphatic heterocycles. The van der Waals surface area contributed by atoms with Crippen LogP contribution in [0.3, 0.4) is 0 Å². The maximum atomic E-state index is 12.3. The zero-order chi connectivity index (χ0) is 15.6. The first-order valence-corrected chi connectivity index (χ1v) is 7.71. The molecule has 0 saturated heterocycles. The molecule has 1 aliphatic rings. The third kappa shape index (κ3) is 2.69. The number of rotatable bonds is 4. The zero-order valence-electron chi connectivity index (χ0n) is 11.7. The summed E-state index contributed by atoms with van der Waals surface area (Å²) in [6.45, 7) is 0. The maximum absolute atomic E-state index is 12.3. The number of carbonyl (C=O) groups is 2. The molecular weight excluding hydrogens is 304 g/mol. The van der Waals surface area contributed by atoms with Gasteiger partial charge in [-0.05, 0) is 18.9 Å². The summed E-state index contributed by atoms with van der Waals surface area (Å²) in [5.41, 5.74) is -1.15. The number of thiazole rings is 1. The fraction of sp³-hybridized carbons (Fsp3) is 0.357. The fourth-order valence-corrected chi connectivity index (χ4v) is 3.30. The number of carboxylic acids is 1. The Bertz CT molecular complexity index is 695. The van der Waals surface area contributed by atoms with Gasteiger partial charge in [0, 0.05) is 12.4 Å². The van der Waals surface area contributed by atoms with Gasteiger partial charge < -0.3 is 10.4 Å². The highest BCUT2D eigenvalue weighted by atomic mass is 32.1. The Balaban J connectivity index is 1.79. The molecule has 2 N–H and O–H groups in total. The van der Waals surface area contributed by atoms with Crippen LogP contribution in [-0.2, 0) is 4.79 Å². The van der Waals surface area contributed by atoms with E-state index in [9.17, 15) is 14.7 Å². The molecule has 3 rings (SSSR count). The molecule has 2 heterocycles. The van der Waals surface area contributed by atoms with Crippen molar-refractivity contribution in [1.29, 1.82) is 0 Å². The summed E-state index contributed by atoms with van der Waals surface area (Å²) in [5.74, 6) is -0.946. The highest BCUT2D eigenvalue weighted by molar-refractivity contribution is 7.16. The van der Waals surface area contributed by atoms with E-state index in [1.54, 1.807) is 18.5 Å². The summed E-state index contributed by atoms with van der Waals surface area (Å²) in [4.78, 5) is 36.4. The van der Waals surface area contributed by atoms with Gasteiger partial charge >= 0.3 is 5.97 Å². The van der Waals surface area contributed by atoms with Gasteiger partial charge in [0.05, 0.1) is 6.20 Å². The van der Waals surface area contributed by atoms with E-state index in [1.807, 2.05) is 0 Å². The average Bonchev–Trinajstić information content (AvgIpc) is 3.18. The van der Waals surface area contributed by atoms with Gasteiger partial charge in [-0.25, -0.2) is 19.7 Å². The Morgan fingerprint density at radius 2 is 1.86 bits per heavy atom. The third-order valence-corrected chi connectivity index (χ3v) is 4.70. The van der Waals surface area contributed by atoms with Gasteiger partial charge in [-0.2, -0.15) is 0 Å². The standard InChI is InChI=1S/C14H14N4O3S/c19-11(18-14(13(20)21)4-1-2-5-14)9-8-17-12(22-9)10-15-6-3-7-16-10/h3,6-8H,1-2,4-5H2,(H,18,19)(H,20,21). The van der Waals surface area contributed by atoms with Gasteiger partial charge in [-0.15, -0.1) is 11.3 Å². The summed E-state index contributed by atoms with van der Waals surface area (Å²) in [7, 11) is 0. The molecule has 0 spiro atoms. The lowest BCUT2D eigenvalue weighted by molar-refractivity contribution is -0.144. The number of aliphatic carboxylic acids is 1. The topological polar surface area (TPSA) is 105 Å². The summed E-state index contributed by atoms with van der Waals surface area (Å²) >= 11 is 1.15. The van der Waals surface area contributed by atoms with E-state index in [-0.39, 0.29) is 0 Å². The predicted octanol–water partition coefficient (Wildman–Crippen LogP) is 1.73. The van der Waals surface area contributed by atoms with Crippen LogP contribution in [-0.4, -0.2) is 37.5 Å². The minimum Gasteiger partial charge on any atom is -0.480 e. The van der Waals surface area contributed by atoms with Gasteiger partial charge in [0.1, 0.15) is 10.4 Å². The van der Waals surface area contributed by atoms with Crippen molar-refractivity contribution in [1.82, 2.24) is 20.3 Å². The Morgan fingerprint density at radius 3 is 2.50 bits per heavy atom. The first-order chi connectivity index (χ1) is 10.6. The molecule has 0 atom stereocenters. The second-order valence-corrected chi connectivity index (χ2v) is 6.18. The van der Waals surface area contributed by atoms with Crippen LogP contribution in [0.25, 0.3) is 10.8 Å². The molecule has 1 aliphatic carbocycles. The SMILES string of the molecule is O=C(NC1(C(=O)O)CCCC1)c1cnc(-c2ncccn2)s1. The van der Waals surface area contributed by atoms with Crippen molar-refractivity contribution in [2.45, 2.75) is 31.2 Å². The lowest BCUT2D eigenvalue weighted by atomic mass is 9.98. The number of carboxylic acid groups (broad SMARTS) is 1. The van der Waals surface area contributed by atoms with E-state index in [1.165, 1.54) is 6.20 Å². The van der Waals surface area contributed by atoms with Crippen LogP contribution < -0.4 is 5.32 Å². The van der Waals surface area contributed by atoms with E-state index in [0.717, 1.165) is 24.2 Å². The van der Waals surface area contributed by atoms with Crippen LogP contribution in [0.2, 0.25) is 0 Å². The second-order valence-electron chi connectivity index (χ2n) is 5.15. The van der Waals surface area contributed by atoms with Crippen molar-refractivity contribution >= 4 is 23.2 Å². The van der Waals surface area contributed by atoms with Crippen LogP contribution in [0.1, 0.15) is 35.4 Å². The van der Waals surface area contributed by atoms with E-state index in [2.05, 4.69) is 20.3 Å². The molecular formula is C14H14N4O3S. The summed E-state index contributed by atoms with van der Waals surface area (Å²) in [6.07, 6.45) is 7.15. The summed E-state index contributed by atoms with van der Waals surface area (Å²) in [6, 6.07) is 1.70. The molecule has 0 bridgehead atoms. The van der Waals surface area contributed by atoms with Gasteiger partial charge in [0.25, 0.3) is 5.91 Å². The molecule has 1 amide bonds. The number of nitrogens with one attached hydrogen (secondary N) is 1. The molecule has 1 saturated carbocycles. The molecule has 0 unspecified atom stereocenters. The Kier molecular flexibility index (Phi) is 3.84. The Labute approximate surface area is 130 Å². The van der Waals surface area contributed by atoms with Crippen molar-refractivity contribution in [3.05, 3.63) is 29.5 Å². The van der Waals surface area contributed by atoms with Gasteiger partial charge in [-0.3, -0.25) is 4.79 Å². The molecule has 2 aromatic heterocycles. The Hall–Kier alpha value is -2.35. The third-order valence-electron chi connectivity index (χ3n) is 3.71. The van der Waals surface area contributed by atoms with E-state index in [4.69, 9.17) is 0 Å². The largest absolute Gasteiger partial charge is 0.480 e. The molecule has 114 valence electrons. The highest BCUT2D eigenvalue weighted by Crippen LogP contribution is 2.31. The molecule has 1 fully saturated rings. The predicted molar refractivity (Wildman–Crippen MR) is 79.4 cm³/mol. The van der Waals surface area contributed by atoms with Crippen LogP contribution in [0.5, 0.6) is 0 Å². The van der Waals surface area contributed by atoms with Crippen molar-refractivity contribution in [2.75, 3.05) is 0 Å². The van der Waals surface area contributed by atoms with E-state index >= 15 is 0 Å². The number of aromatic nitrogens is 3. The van der Waals surface area contributed by atoms with Gasteiger partial charge in [-0.1, -0.05) is 12.8 Å². The smallest absolute Gasteiger partial charge is 0.329 e. The number of amides is 1. The van der Waals surface area contributed by atoms with E-state index < -0.39 is 17.4 Å². The summed E-state index contributed by atoms with van der Waals surface area (Å²) in [5, 5.41) is 12.6. The molecule has 0 aromatic carbocycles. The first-order valence-electron chi connectivity index (χ1n) is 6.90. The first kappa shape index (κ1) is 14.6. The molecule has 8 heteroatoms. The number of nitrogens with zero attached hydrogens (tertiary/aromatic N) is 3. The lowest BCUT2D eigenvalue weighted by Gasteiger charge is -2.24. The fourth-order valence-electron chi connectivity index (χ4n) is 2.54. The van der Waals surface area contributed by atoms with Gasteiger partial charge in [0.15, 0.2) is 10.8 Å². The second kappa shape index (κ2) is 5.80. The molecule has 0 radical (unpaired) electrons. The van der Waals surface area contributed by atoms with Crippen LogP contribution in [0.15, 0.2) is 24.7 Å². The molecule has 22 heavy (non-hydrogen) atoms. The normalized spacial score (nSPS) is 16.4. The minimum atomic E-state index is -1.15. The quantitative estimate of drug-likeness (QED) is 0.889. The van der Waals surface area contributed by atoms with Crippen molar-refractivity contribution in [2.24, 2.45) is 0 Å². The molecule has 2 aromatic rings. The van der Waals surface area contributed by atoms with Crippen LogP contribution >= 0.6 is 11.3 Å². The van der Waals surface area contributed by atoms with Crippen molar-refractivity contribution < 1.29 is 14.7 Å². The number of hydrogen-bond donors (Lipinski definition) is 2. The number of hydrogen-bond acceptors (Lipinski definition) is 6. The lowest BCUT2D eigenvalue weighted by Crippen LogP contribution is -2.52. The minimum absolute atomic E-state index is 0.356. The average molecular weight is 318 g/mol. The highest BCUT2D eigenvalue weighted by Gasteiger charge is 2.42. The number of carbonyl (C=O) groups excluding carboxylic acids is 1. The Morgan fingerprint density at radius 1 is 1.18 bits per heavy atom. The van der Waals surface area contributed by atoms with E-state index in [0.29, 0.717) is 28.6 Å². The van der Waals surface area contributed by atoms with Crippen molar-refractivity contribution in [3.8, 4) is 10.8 Å². The maximum Gasteiger partial charge on any atom is 0.329 e. The zero-order valence-corrected chi connectivity index (χ0v) is 12.5. The van der Waals surface area contributed by atoms with Crippen molar-refractivity contribution in [3.63, 3.8) is 0 Å². The van der Waals surface area contributed by atoms with Crippen LogP contribution in [0, 0.1) is 0 Å². The molecule has 7 nitrogen and oxygen atoms in total.